The van der Waals surface area contributed by atoms with E-state index in [2.05, 4.69) is 23.3 Å². The van der Waals surface area contributed by atoms with Gasteiger partial charge in [0.1, 0.15) is 0 Å². The highest BCUT2D eigenvalue weighted by Gasteiger charge is 2.26. The zero-order chi connectivity index (χ0) is 14.5. The van der Waals surface area contributed by atoms with Gasteiger partial charge in [0.25, 0.3) is 0 Å². The Balaban J connectivity index is 1.83. The zero-order valence-corrected chi connectivity index (χ0v) is 12.0. The van der Waals surface area contributed by atoms with E-state index in [9.17, 15) is 4.79 Å². The monoisotopic (exact) mass is 272 g/mol. The lowest BCUT2D eigenvalue weighted by atomic mass is 10.1. The molecule has 20 heavy (non-hydrogen) atoms. The molecule has 0 radical (unpaired) electrons. The molecule has 1 fully saturated rings. The zero-order valence-electron chi connectivity index (χ0n) is 12.0. The predicted octanol–water partition coefficient (Wildman–Crippen LogP) is 1.40. The molecule has 1 N–H and O–H groups in total. The highest BCUT2D eigenvalue weighted by Crippen LogP contribution is 2.12. The molecule has 0 spiro atoms. The van der Waals surface area contributed by atoms with Gasteiger partial charge in [-0.2, -0.15) is 5.26 Å². The average molecular weight is 272 g/mol. The van der Waals surface area contributed by atoms with Gasteiger partial charge in [0.2, 0.25) is 0 Å². The summed E-state index contributed by atoms with van der Waals surface area (Å²) >= 11 is 0. The van der Waals surface area contributed by atoms with Gasteiger partial charge in [0.05, 0.1) is 11.6 Å². The van der Waals surface area contributed by atoms with Crippen molar-refractivity contribution in [3.05, 3.63) is 35.4 Å². The topological polar surface area (TPSA) is 59.4 Å². The van der Waals surface area contributed by atoms with E-state index in [0.717, 1.165) is 25.1 Å². The second kappa shape index (κ2) is 6.40. The first kappa shape index (κ1) is 14.4. The Labute approximate surface area is 119 Å². The van der Waals surface area contributed by atoms with E-state index in [4.69, 9.17) is 5.26 Å². The number of likely N-dealkylation sites (N-methyl/N-ethyl adjacent to an activating group) is 2. The van der Waals surface area contributed by atoms with E-state index in [1.807, 2.05) is 19.2 Å². The quantitative estimate of drug-likeness (QED) is 0.905. The lowest BCUT2D eigenvalue weighted by Crippen LogP contribution is -2.44. The minimum absolute atomic E-state index is 0.0466. The number of nitrogens with zero attached hydrogens (tertiary/aromatic N) is 3. The molecule has 0 saturated carbocycles. The third-order valence-corrected chi connectivity index (χ3v) is 3.76. The van der Waals surface area contributed by atoms with Crippen molar-refractivity contribution in [1.82, 2.24) is 15.1 Å². The van der Waals surface area contributed by atoms with Crippen LogP contribution in [0.5, 0.6) is 0 Å². The summed E-state index contributed by atoms with van der Waals surface area (Å²) in [6.07, 6.45) is 1.03. The number of benzene rings is 1. The molecule has 1 aliphatic heterocycles. The SMILES string of the molecule is CN1CCC(N(C)C(=O)NCc2ccc(C#N)cc2)C1. The predicted molar refractivity (Wildman–Crippen MR) is 77.1 cm³/mol. The van der Waals surface area contributed by atoms with Gasteiger partial charge in [-0.3, -0.25) is 0 Å². The number of hydrogen-bond donors (Lipinski definition) is 1. The number of amides is 2. The molecule has 1 aliphatic rings. The Morgan fingerprint density at radius 3 is 2.75 bits per heavy atom. The molecular formula is C15H20N4O. The Morgan fingerprint density at radius 2 is 2.20 bits per heavy atom. The maximum Gasteiger partial charge on any atom is 0.317 e. The Kier molecular flexibility index (Phi) is 4.59. The number of urea groups is 1. The molecular weight excluding hydrogens is 252 g/mol. The summed E-state index contributed by atoms with van der Waals surface area (Å²) in [5, 5.41) is 11.6. The van der Waals surface area contributed by atoms with Gasteiger partial charge in [-0.1, -0.05) is 12.1 Å². The molecule has 1 aromatic rings. The van der Waals surface area contributed by atoms with E-state index in [1.54, 1.807) is 17.0 Å². The van der Waals surface area contributed by atoms with Crippen molar-refractivity contribution in [2.45, 2.75) is 19.0 Å². The molecule has 1 heterocycles. The van der Waals surface area contributed by atoms with Crippen molar-refractivity contribution in [2.24, 2.45) is 0 Å². The first-order valence-electron chi connectivity index (χ1n) is 6.78. The summed E-state index contributed by atoms with van der Waals surface area (Å²) in [7, 11) is 3.92. The van der Waals surface area contributed by atoms with E-state index < -0.39 is 0 Å². The minimum atomic E-state index is -0.0466. The molecule has 0 aliphatic carbocycles. The maximum absolute atomic E-state index is 12.1. The third-order valence-electron chi connectivity index (χ3n) is 3.76. The lowest BCUT2D eigenvalue weighted by molar-refractivity contribution is 0.190. The number of nitriles is 1. The highest BCUT2D eigenvalue weighted by molar-refractivity contribution is 5.74. The van der Waals surface area contributed by atoms with Crippen molar-refractivity contribution in [3.63, 3.8) is 0 Å². The number of likely N-dealkylation sites (tertiary alicyclic amines) is 1. The van der Waals surface area contributed by atoms with Crippen LogP contribution in [0.2, 0.25) is 0 Å². The summed E-state index contributed by atoms with van der Waals surface area (Å²) in [5.41, 5.74) is 1.63. The summed E-state index contributed by atoms with van der Waals surface area (Å²) in [6, 6.07) is 9.57. The van der Waals surface area contributed by atoms with E-state index in [1.165, 1.54) is 0 Å². The standard InChI is InChI=1S/C15H20N4O/c1-18-8-7-14(11-18)19(2)15(20)17-10-13-5-3-12(9-16)4-6-13/h3-6,14H,7-8,10-11H2,1-2H3,(H,17,20). The molecule has 1 atom stereocenters. The molecule has 106 valence electrons. The molecule has 2 rings (SSSR count). The number of rotatable bonds is 3. The smallest absolute Gasteiger partial charge is 0.317 e. The van der Waals surface area contributed by atoms with E-state index in [-0.39, 0.29) is 6.03 Å². The fraction of sp³-hybridized carbons (Fsp3) is 0.467. The number of nitrogens with one attached hydrogen (secondary N) is 1. The van der Waals surface area contributed by atoms with Crippen LogP contribution in [0, 0.1) is 11.3 Å². The van der Waals surface area contributed by atoms with Gasteiger partial charge in [-0.05, 0) is 37.7 Å². The van der Waals surface area contributed by atoms with Crippen LogP contribution < -0.4 is 5.32 Å². The number of carbonyl (C=O) groups excluding carboxylic acids is 1. The van der Waals surface area contributed by atoms with E-state index >= 15 is 0 Å². The molecule has 1 unspecified atom stereocenters. The Hall–Kier alpha value is -2.06. The summed E-state index contributed by atoms with van der Waals surface area (Å²) in [4.78, 5) is 16.1. The number of hydrogen-bond acceptors (Lipinski definition) is 3. The van der Waals surface area contributed by atoms with Crippen molar-refractivity contribution >= 4 is 6.03 Å². The van der Waals surface area contributed by atoms with Crippen molar-refractivity contribution in [1.29, 1.82) is 5.26 Å². The minimum Gasteiger partial charge on any atom is -0.334 e. The van der Waals surface area contributed by atoms with Crippen LogP contribution in [0.15, 0.2) is 24.3 Å². The summed E-state index contributed by atoms with van der Waals surface area (Å²) in [5.74, 6) is 0. The van der Waals surface area contributed by atoms with Crippen molar-refractivity contribution < 1.29 is 4.79 Å². The molecule has 1 aromatic carbocycles. The Morgan fingerprint density at radius 1 is 1.50 bits per heavy atom. The van der Waals surface area contributed by atoms with Gasteiger partial charge < -0.3 is 15.1 Å². The fourth-order valence-electron chi connectivity index (χ4n) is 2.39. The average Bonchev–Trinajstić information content (AvgIpc) is 2.91. The summed E-state index contributed by atoms with van der Waals surface area (Å²) < 4.78 is 0. The highest BCUT2D eigenvalue weighted by atomic mass is 16.2. The van der Waals surface area contributed by atoms with Crippen LogP contribution in [-0.2, 0) is 6.54 Å². The second-order valence-corrected chi connectivity index (χ2v) is 5.28. The normalized spacial score (nSPS) is 18.6. The van der Waals surface area contributed by atoms with Gasteiger partial charge in [-0.25, -0.2) is 4.79 Å². The first-order valence-corrected chi connectivity index (χ1v) is 6.78. The second-order valence-electron chi connectivity index (χ2n) is 5.28. The van der Waals surface area contributed by atoms with Crippen LogP contribution >= 0.6 is 0 Å². The van der Waals surface area contributed by atoms with Crippen LogP contribution in [0.4, 0.5) is 4.79 Å². The molecule has 0 aromatic heterocycles. The maximum atomic E-state index is 12.1. The molecule has 5 heteroatoms. The molecule has 2 amide bonds. The Bertz CT molecular complexity index is 506. The van der Waals surface area contributed by atoms with Gasteiger partial charge in [0.15, 0.2) is 0 Å². The van der Waals surface area contributed by atoms with E-state index in [0.29, 0.717) is 18.2 Å². The van der Waals surface area contributed by atoms with Crippen LogP contribution in [0.3, 0.4) is 0 Å². The van der Waals surface area contributed by atoms with Crippen LogP contribution in [0.25, 0.3) is 0 Å². The lowest BCUT2D eigenvalue weighted by Gasteiger charge is -2.24. The molecule has 0 bridgehead atoms. The molecule has 5 nitrogen and oxygen atoms in total. The number of carbonyl (C=O) groups is 1. The van der Waals surface area contributed by atoms with Crippen LogP contribution in [0.1, 0.15) is 17.5 Å². The molecule has 1 saturated heterocycles. The largest absolute Gasteiger partial charge is 0.334 e. The van der Waals surface area contributed by atoms with Crippen molar-refractivity contribution in [3.8, 4) is 6.07 Å². The van der Waals surface area contributed by atoms with Gasteiger partial charge in [0, 0.05) is 26.2 Å². The third kappa shape index (κ3) is 3.49. The van der Waals surface area contributed by atoms with Crippen molar-refractivity contribution in [2.75, 3.05) is 27.2 Å². The van der Waals surface area contributed by atoms with Crippen LogP contribution in [-0.4, -0.2) is 49.1 Å². The fourth-order valence-corrected chi connectivity index (χ4v) is 2.39. The van der Waals surface area contributed by atoms with Gasteiger partial charge >= 0.3 is 6.03 Å². The first-order chi connectivity index (χ1) is 9.60. The van der Waals surface area contributed by atoms with Gasteiger partial charge in [-0.15, -0.1) is 0 Å². The summed E-state index contributed by atoms with van der Waals surface area (Å²) in [6.45, 7) is 2.45.